The minimum Gasteiger partial charge on any atom is -0.387 e. The van der Waals surface area contributed by atoms with Gasteiger partial charge in [-0.05, 0) is 44.2 Å². The Kier molecular flexibility index (Phi) is 7.36. The number of anilines is 2. The molecule has 1 aromatic carbocycles. The van der Waals surface area contributed by atoms with E-state index in [9.17, 15) is 19.1 Å². The van der Waals surface area contributed by atoms with Crippen molar-refractivity contribution < 1.29 is 19.1 Å². The first-order valence-electron chi connectivity index (χ1n) is 11.7. The second kappa shape index (κ2) is 10.7. The summed E-state index contributed by atoms with van der Waals surface area (Å²) in [4.78, 5) is 33.9. The number of carbonyl (C=O) groups is 2. The van der Waals surface area contributed by atoms with E-state index < -0.39 is 24.2 Å². The minimum atomic E-state index is -1.69. The highest BCUT2D eigenvalue weighted by Gasteiger charge is 2.27. The summed E-state index contributed by atoms with van der Waals surface area (Å²) in [7, 11) is 1.53. The molecule has 2 amide bonds. The van der Waals surface area contributed by atoms with Crippen LogP contribution in [0.2, 0.25) is 0 Å². The molecule has 1 unspecified atom stereocenters. The number of hydrogen-bond donors (Lipinski definition) is 4. The van der Waals surface area contributed by atoms with Gasteiger partial charge in [0, 0.05) is 48.3 Å². The van der Waals surface area contributed by atoms with E-state index >= 15 is 0 Å². The zero-order valence-corrected chi connectivity index (χ0v) is 21.0. The fourth-order valence-electron chi connectivity index (χ4n) is 3.70. The summed E-state index contributed by atoms with van der Waals surface area (Å²) in [6.07, 6.45) is 2.87. The van der Waals surface area contributed by atoms with Crippen molar-refractivity contribution in [3.05, 3.63) is 77.7 Å². The third kappa shape index (κ3) is 5.61. The standard InChI is InChI=1S/C27H26FN7O3/c1-27(2,38)22(28)15-33-26(37)20-14-31-23(35-8-7-17-9-16(12-29)13-32-24(17)35)11-21(20)34-19-6-4-5-18(10-19)25(36)30-3/h4-11,13-14,22,38H,15H2,1-3H3,(H,30,36)(H,31,34)(H,33,37). The van der Waals surface area contributed by atoms with Gasteiger partial charge in [-0.2, -0.15) is 5.26 Å². The third-order valence-electron chi connectivity index (χ3n) is 5.88. The molecule has 11 heteroatoms. The molecule has 4 N–H and O–H groups in total. The molecular weight excluding hydrogens is 489 g/mol. The van der Waals surface area contributed by atoms with E-state index in [2.05, 4.69) is 32.0 Å². The van der Waals surface area contributed by atoms with Crippen LogP contribution in [-0.2, 0) is 0 Å². The number of alkyl halides is 1. The number of aromatic nitrogens is 3. The molecule has 0 spiro atoms. The maximum Gasteiger partial charge on any atom is 0.255 e. The average molecular weight is 516 g/mol. The SMILES string of the molecule is CNC(=O)c1cccc(Nc2cc(-n3ccc4cc(C#N)cnc43)ncc2C(=O)NCC(F)C(C)(C)O)c1. The summed E-state index contributed by atoms with van der Waals surface area (Å²) < 4.78 is 16.0. The molecule has 4 aromatic rings. The molecule has 3 aromatic heterocycles. The molecule has 0 aliphatic heterocycles. The number of nitriles is 1. The van der Waals surface area contributed by atoms with Crippen LogP contribution in [0.3, 0.4) is 0 Å². The first-order chi connectivity index (χ1) is 18.1. The Bertz CT molecular complexity index is 1550. The van der Waals surface area contributed by atoms with Gasteiger partial charge >= 0.3 is 0 Å². The summed E-state index contributed by atoms with van der Waals surface area (Å²) in [5.74, 6) is -0.446. The van der Waals surface area contributed by atoms with E-state index in [1.807, 2.05) is 0 Å². The predicted octanol–water partition coefficient (Wildman–Crippen LogP) is 3.23. The number of benzene rings is 1. The van der Waals surface area contributed by atoms with E-state index in [-0.39, 0.29) is 11.5 Å². The summed E-state index contributed by atoms with van der Waals surface area (Å²) in [6, 6.07) is 13.9. The van der Waals surface area contributed by atoms with Crippen molar-refractivity contribution in [3.63, 3.8) is 0 Å². The molecule has 10 nitrogen and oxygen atoms in total. The van der Waals surface area contributed by atoms with E-state index in [4.69, 9.17) is 5.26 Å². The van der Waals surface area contributed by atoms with Crippen molar-refractivity contribution in [2.45, 2.75) is 25.6 Å². The van der Waals surface area contributed by atoms with Gasteiger partial charge in [-0.25, -0.2) is 14.4 Å². The number of amides is 2. The number of halogens is 1. The highest BCUT2D eigenvalue weighted by atomic mass is 19.1. The van der Waals surface area contributed by atoms with Crippen LogP contribution in [-0.4, -0.2) is 56.8 Å². The summed E-state index contributed by atoms with van der Waals surface area (Å²) in [5, 5.41) is 28.0. The number of rotatable bonds is 8. The third-order valence-corrected chi connectivity index (χ3v) is 5.88. The average Bonchev–Trinajstić information content (AvgIpc) is 3.33. The Morgan fingerprint density at radius 2 is 1.95 bits per heavy atom. The lowest BCUT2D eigenvalue weighted by molar-refractivity contribution is -0.00177. The first-order valence-corrected chi connectivity index (χ1v) is 11.7. The number of nitrogens with one attached hydrogen (secondary N) is 3. The van der Waals surface area contributed by atoms with Crippen LogP contribution >= 0.6 is 0 Å². The number of carbonyl (C=O) groups excluding carboxylic acids is 2. The molecule has 0 saturated heterocycles. The number of aliphatic hydroxyl groups is 1. The molecule has 0 aliphatic carbocycles. The van der Waals surface area contributed by atoms with Crippen molar-refractivity contribution in [2.24, 2.45) is 0 Å². The van der Waals surface area contributed by atoms with Crippen molar-refractivity contribution in [1.29, 1.82) is 5.26 Å². The second-order valence-electron chi connectivity index (χ2n) is 9.14. The van der Waals surface area contributed by atoms with E-state index in [1.54, 1.807) is 53.2 Å². The van der Waals surface area contributed by atoms with Crippen LogP contribution in [0.4, 0.5) is 15.8 Å². The summed E-state index contributed by atoms with van der Waals surface area (Å²) in [6.45, 7) is 2.24. The molecule has 0 bridgehead atoms. The molecule has 1 atom stereocenters. The fourth-order valence-corrected chi connectivity index (χ4v) is 3.70. The summed E-state index contributed by atoms with van der Waals surface area (Å²) >= 11 is 0. The van der Waals surface area contributed by atoms with Crippen LogP contribution in [0, 0.1) is 11.3 Å². The van der Waals surface area contributed by atoms with Crippen molar-refractivity contribution in [2.75, 3.05) is 18.9 Å². The predicted molar refractivity (Wildman–Crippen MR) is 140 cm³/mol. The Morgan fingerprint density at radius 1 is 1.16 bits per heavy atom. The zero-order chi connectivity index (χ0) is 27.4. The second-order valence-corrected chi connectivity index (χ2v) is 9.14. The smallest absolute Gasteiger partial charge is 0.255 e. The maximum absolute atomic E-state index is 14.3. The Labute approximate surface area is 218 Å². The number of nitrogens with zero attached hydrogens (tertiary/aromatic N) is 4. The zero-order valence-electron chi connectivity index (χ0n) is 21.0. The van der Waals surface area contributed by atoms with Gasteiger partial charge in [0.25, 0.3) is 11.8 Å². The molecule has 0 saturated carbocycles. The van der Waals surface area contributed by atoms with Crippen molar-refractivity contribution in [1.82, 2.24) is 25.2 Å². The van der Waals surface area contributed by atoms with E-state index in [0.29, 0.717) is 34.0 Å². The number of hydrogen-bond acceptors (Lipinski definition) is 7. The lowest BCUT2D eigenvalue weighted by atomic mass is 10.0. The molecule has 4 rings (SSSR count). The van der Waals surface area contributed by atoms with Gasteiger partial charge in [0.05, 0.1) is 29.0 Å². The van der Waals surface area contributed by atoms with Gasteiger partial charge in [-0.1, -0.05) is 6.07 Å². The molecule has 3 heterocycles. The fraction of sp³-hybridized carbons (Fsp3) is 0.222. The van der Waals surface area contributed by atoms with Crippen LogP contribution in [0.1, 0.15) is 40.1 Å². The normalized spacial score (nSPS) is 12.0. The minimum absolute atomic E-state index is 0.123. The Hall–Kier alpha value is -4.82. The lowest BCUT2D eigenvalue weighted by Crippen LogP contribution is -2.42. The van der Waals surface area contributed by atoms with E-state index in [0.717, 1.165) is 5.39 Å². The van der Waals surface area contributed by atoms with Crippen LogP contribution in [0.5, 0.6) is 0 Å². The highest BCUT2D eigenvalue weighted by molar-refractivity contribution is 6.01. The molecule has 194 valence electrons. The lowest BCUT2D eigenvalue weighted by Gasteiger charge is -2.22. The molecule has 0 radical (unpaired) electrons. The van der Waals surface area contributed by atoms with Gasteiger partial charge in [-0.3, -0.25) is 14.2 Å². The van der Waals surface area contributed by atoms with Gasteiger partial charge in [0.1, 0.15) is 23.7 Å². The van der Waals surface area contributed by atoms with E-state index in [1.165, 1.54) is 33.3 Å². The highest BCUT2D eigenvalue weighted by Crippen LogP contribution is 2.26. The van der Waals surface area contributed by atoms with Gasteiger partial charge in [0.2, 0.25) is 0 Å². The summed E-state index contributed by atoms with van der Waals surface area (Å²) in [5.41, 5.74) is 0.778. The molecule has 0 fully saturated rings. The monoisotopic (exact) mass is 515 g/mol. The maximum atomic E-state index is 14.3. The largest absolute Gasteiger partial charge is 0.387 e. The van der Waals surface area contributed by atoms with Gasteiger partial charge < -0.3 is 21.1 Å². The van der Waals surface area contributed by atoms with Gasteiger partial charge in [0.15, 0.2) is 0 Å². The Morgan fingerprint density at radius 3 is 2.66 bits per heavy atom. The molecule has 38 heavy (non-hydrogen) atoms. The van der Waals surface area contributed by atoms with Gasteiger partial charge in [-0.15, -0.1) is 0 Å². The van der Waals surface area contributed by atoms with Crippen molar-refractivity contribution >= 4 is 34.2 Å². The topological polar surface area (TPSA) is 145 Å². The molecule has 0 aliphatic rings. The number of fused-ring (bicyclic) bond motifs is 1. The quantitative estimate of drug-likeness (QED) is 0.282. The van der Waals surface area contributed by atoms with Crippen molar-refractivity contribution in [3.8, 4) is 11.9 Å². The Balaban J connectivity index is 1.73. The number of pyridine rings is 2. The molecular formula is C27H26FN7O3. The van der Waals surface area contributed by atoms with Crippen LogP contribution in [0.25, 0.3) is 16.9 Å². The van der Waals surface area contributed by atoms with Crippen LogP contribution in [0.15, 0.2) is 61.1 Å². The van der Waals surface area contributed by atoms with Crippen LogP contribution < -0.4 is 16.0 Å². The first kappa shape index (κ1) is 26.2.